The number of phenolic OH excluding ortho intramolecular Hbond substituents is 1. The van der Waals surface area contributed by atoms with Gasteiger partial charge in [-0.2, -0.15) is 0 Å². The number of aromatic hydroxyl groups is 1. The van der Waals surface area contributed by atoms with Crippen molar-refractivity contribution in [2.45, 2.75) is 46.5 Å². The van der Waals surface area contributed by atoms with E-state index in [0.29, 0.717) is 17.6 Å². The zero-order valence-corrected chi connectivity index (χ0v) is 10.9. The molecule has 0 saturated carbocycles. The molecule has 1 nitrogen and oxygen atoms in total. The molecule has 0 aromatic heterocycles. The fourth-order valence-corrected chi connectivity index (χ4v) is 2.60. The van der Waals surface area contributed by atoms with Gasteiger partial charge in [0, 0.05) is 0 Å². The Morgan fingerprint density at radius 3 is 2.06 bits per heavy atom. The minimum absolute atomic E-state index is 0.357. The smallest absolute Gasteiger partial charge is 0.115 e. The lowest BCUT2D eigenvalue weighted by molar-refractivity contribution is 0.365. The van der Waals surface area contributed by atoms with Crippen LogP contribution in [-0.4, -0.2) is 5.11 Å². The number of hydrogen-bond acceptors (Lipinski definition) is 1. The minimum Gasteiger partial charge on any atom is -0.508 e. The second-order valence-electron chi connectivity index (χ2n) is 5.21. The summed E-state index contributed by atoms with van der Waals surface area (Å²) in [7, 11) is 0. The van der Waals surface area contributed by atoms with Gasteiger partial charge >= 0.3 is 0 Å². The predicted molar refractivity (Wildman–Crippen MR) is 69.8 cm³/mol. The lowest BCUT2D eigenvalue weighted by Gasteiger charge is -2.24. The van der Waals surface area contributed by atoms with Crippen molar-refractivity contribution in [3.63, 3.8) is 0 Å². The maximum Gasteiger partial charge on any atom is 0.115 e. The molecule has 1 rings (SSSR count). The molecule has 0 amide bonds. The molecule has 0 bridgehead atoms. The molecule has 0 saturated heterocycles. The van der Waals surface area contributed by atoms with Gasteiger partial charge in [0.25, 0.3) is 0 Å². The first-order valence-corrected chi connectivity index (χ1v) is 6.33. The monoisotopic (exact) mass is 220 g/mol. The summed E-state index contributed by atoms with van der Waals surface area (Å²) in [5, 5.41) is 9.30. The van der Waals surface area contributed by atoms with E-state index in [1.807, 2.05) is 0 Å². The maximum absolute atomic E-state index is 9.30. The molecule has 0 spiro atoms. The highest BCUT2D eigenvalue weighted by atomic mass is 16.3. The molecule has 0 heterocycles. The van der Waals surface area contributed by atoms with E-state index in [9.17, 15) is 5.11 Å². The molecule has 2 atom stereocenters. The molecular weight excluding hydrogens is 196 g/mol. The van der Waals surface area contributed by atoms with Gasteiger partial charge in [-0.3, -0.25) is 0 Å². The third kappa shape index (κ3) is 3.55. The summed E-state index contributed by atoms with van der Waals surface area (Å²) < 4.78 is 0. The Morgan fingerprint density at radius 2 is 1.62 bits per heavy atom. The fraction of sp³-hybridized carbons (Fsp3) is 0.600. The molecule has 0 fully saturated rings. The Hall–Kier alpha value is -0.980. The molecule has 0 aliphatic heterocycles. The van der Waals surface area contributed by atoms with Gasteiger partial charge in [0.15, 0.2) is 0 Å². The van der Waals surface area contributed by atoms with Gasteiger partial charge in [0.1, 0.15) is 5.75 Å². The van der Waals surface area contributed by atoms with Crippen molar-refractivity contribution in [3.05, 3.63) is 29.8 Å². The number of benzene rings is 1. The lowest BCUT2D eigenvalue weighted by Crippen LogP contribution is -2.11. The van der Waals surface area contributed by atoms with Gasteiger partial charge in [-0.05, 0) is 48.3 Å². The van der Waals surface area contributed by atoms with Crippen LogP contribution in [0.3, 0.4) is 0 Å². The Bertz CT molecular complexity index is 300. The van der Waals surface area contributed by atoms with E-state index in [4.69, 9.17) is 0 Å². The van der Waals surface area contributed by atoms with Crippen LogP contribution >= 0.6 is 0 Å². The Kier molecular flexibility index (Phi) is 4.85. The van der Waals surface area contributed by atoms with E-state index in [0.717, 1.165) is 5.92 Å². The lowest BCUT2D eigenvalue weighted by atomic mass is 9.81. The first-order valence-electron chi connectivity index (χ1n) is 6.33. The Balaban J connectivity index is 2.77. The summed E-state index contributed by atoms with van der Waals surface area (Å²) in [6, 6.07) is 7.70. The Labute approximate surface area is 99.5 Å². The van der Waals surface area contributed by atoms with Gasteiger partial charge in [-0.1, -0.05) is 39.8 Å². The van der Waals surface area contributed by atoms with Crippen molar-refractivity contribution in [2.24, 2.45) is 11.8 Å². The van der Waals surface area contributed by atoms with Crippen LogP contribution in [0.2, 0.25) is 0 Å². The van der Waals surface area contributed by atoms with Gasteiger partial charge < -0.3 is 5.11 Å². The van der Waals surface area contributed by atoms with Crippen LogP contribution in [0.1, 0.15) is 52.0 Å². The topological polar surface area (TPSA) is 20.2 Å². The molecular formula is C15H24O. The molecule has 0 radical (unpaired) electrons. The van der Waals surface area contributed by atoms with Crippen molar-refractivity contribution in [1.82, 2.24) is 0 Å². The number of hydrogen-bond donors (Lipinski definition) is 1. The number of phenols is 1. The van der Waals surface area contributed by atoms with Crippen molar-refractivity contribution in [2.75, 3.05) is 0 Å². The van der Waals surface area contributed by atoms with Crippen molar-refractivity contribution in [3.8, 4) is 5.75 Å². The average Bonchev–Trinajstić information content (AvgIpc) is 2.21. The maximum atomic E-state index is 9.30. The highest BCUT2D eigenvalue weighted by Gasteiger charge is 2.18. The molecule has 0 aliphatic rings. The van der Waals surface area contributed by atoms with Crippen LogP contribution in [0.25, 0.3) is 0 Å². The van der Waals surface area contributed by atoms with E-state index >= 15 is 0 Å². The third-order valence-corrected chi connectivity index (χ3v) is 3.29. The van der Waals surface area contributed by atoms with E-state index < -0.39 is 0 Å². The summed E-state index contributed by atoms with van der Waals surface area (Å²) in [4.78, 5) is 0. The quantitative estimate of drug-likeness (QED) is 0.770. The van der Waals surface area contributed by atoms with Gasteiger partial charge in [0.05, 0.1) is 0 Å². The minimum atomic E-state index is 0.357. The van der Waals surface area contributed by atoms with Crippen LogP contribution < -0.4 is 0 Å². The van der Waals surface area contributed by atoms with Crippen LogP contribution in [0.5, 0.6) is 5.75 Å². The van der Waals surface area contributed by atoms with E-state index in [1.54, 1.807) is 12.1 Å². The van der Waals surface area contributed by atoms with Crippen LogP contribution in [-0.2, 0) is 0 Å². The molecule has 1 aromatic rings. The van der Waals surface area contributed by atoms with Crippen LogP contribution in [0, 0.1) is 11.8 Å². The van der Waals surface area contributed by atoms with Gasteiger partial charge in [0.2, 0.25) is 0 Å². The predicted octanol–water partition coefficient (Wildman–Crippen LogP) is 4.57. The normalized spacial score (nSPS) is 15.1. The molecule has 1 N–H and O–H groups in total. The molecule has 16 heavy (non-hydrogen) atoms. The first-order chi connectivity index (χ1) is 7.54. The number of rotatable bonds is 5. The van der Waals surface area contributed by atoms with Gasteiger partial charge in [-0.15, -0.1) is 0 Å². The highest BCUT2D eigenvalue weighted by molar-refractivity contribution is 5.28. The van der Waals surface area contributed by atoms with Crippen molar-refractivity contribution in [1.29, 1.82) is 0 Å². The van der Waals surface area contributed by atoms with E-state index in [-0.39, 0.29) is 0 Å². The summed E-state index contributed by atoms with van der Waals surface area (Å²) >= 11 is 0. The SMILES string of the molecule is CCC(c1ccc(O)cc1)C(C)CC(C)C. The van der Waals surface area contributed by atoms with Crippen molar-refractivity contribution >= 4 is 0 Å². The largest absolute Gasteiger partial charge is 0.508 e. The molecule has 1 aromatic carbocycles. The summed E-state index contributed by atoms with van der Waals surface area (Å²) in [5.41, 5.74) is 1.36. The third-order valence-electron chi connectivity index (χ3n) is 3.29. The standard InChI is InChI=1S/C15H24O/c1-5-15(12(4)10-11(2)3)13-6-8-14(16)9-7-13/h6-9,11-12,15-16H,5,10H2,1-4H3. The van der Waals surface area contributed by atoms with E-state index in [1.165, 1.54) is 18.4 Å². The summed E-state index contributed by atoms with van der Waals surface area (Å²) in [5.74, 6) is 2.42. The summed E-state index contributed by atoms with van der Waals surface area (Å²) in [6.07, 6.45) is 2.43. The second kappa shape index (κ2) is 5.93. The first kappa shape index (κ1) is 13.1. The zero-order chi connectivity index (χ0) is 12.1. The second-order valence-corrected chi connectivity index (χ2v) is 5.21. The fourth-order valence-electron chi connectivity index (χ4n) is 2.60. The molecule has 2 unspecified atom stereocenters. The molecule has 1 heteroatoms. The van der Waals surface area contributed by atoms with E-state index in [2.05, 4.69) is 39.8 Å². The molecule has 0 aliphatic carbocycles. The molecule has 90 valence electrons. The summed E-state index contributed by atoms with van der Waals surface area (Å²) in [6.45, 7) is 9.13. The van der Waals surface area contributed by atoms with Crippen LogP contribution in [0.4, 0.5) is 0 Å². The zero-order valence-electron chi connectivity index (χ0n) is 10.9. The van der Waals surface area contributed by atoms with Crippen molar-refractivity contribution < 1.29 is 5.11 Å². The Morgan fingerprint density at radius 1 is 1.06 bits per heavy atom. The van der Waals surface area contributed by atoms with Gasteiger partial charge in [-0.25, -0.2) is 0 Å². The van der Waals surface area contributed by atoms with Crippen LogP contribution in [0.15, 0.2) is 24.3 Å². The highest BCUT2D eigenvalue weighted by Crippen LogP contribution is 2.32. The average molecular weight is 220 g/mol.